The van der Waals surface area contributed by atoms with Gasteiger partial charge in [-0.05, 0) is 48.9 Å². The van der Waals surface area contributed by atoms with Gasteiger partial charge in [-0.15, -0.1) is 24.4 Å². The van der Waals surface area contributed by atoms with Crippen molar-refractivity contribution in [3.63, 3.8) is 0 Å². The summed E-state index contributed by atoms with van der Waals surface area (Å²) in [5, 5.41) is 8.91. The average molecular weight is 467 g/mol. The van der Waals surface area contributed by atoms with E-state index in [2.05, 4.69) is 48.1 Å². The monoisotopic (exact) mass is 466 g/mol. The van der Waals surface area contributed by atoms with Gasteiger partial charge in [-0.2, -0.15) is 10.2 Å². The molecule has 0 aliphatic heterocycles. The van der Waals surface area contributed by atoms with Gasteiger partial charge in [-0.1, -0.05) is 0 Å². The van der Waals surface area contributed by atoms with Crippen LogP contribution < -0.4 is 9.47 Å². The fourth-order valence-corrected chi connectivity index (χ4v) is 4.56. The van der Waals surface area contributed by atoms with E-state index >= 15 is 0 Å². The highest BCUT2D eigenvalue weighted by Gasteiger charge is 2.10. The molecule has 32 heavy (non-hydrogen) atoms. The molecule has 2 heterocycles. The van der Waals surface area contributed by atoms with E-state index in [9.17, 15) is 0 Å². The normalized spacial score (nSPS) is 11.0. The third-order valence-electron chi connectivity index (χ3n) is 5.12. The van der Waals surface area contributed by atoms with Crippen LogP contribution in [0.2, 0.25) is 0 Å². The van der Waals surface area contributed by atoms with Gasteiger partial charge in [-0.25, -0.2) is 0 Å². The number of ether oxygens (including phenoxy) is 2. The van der Waals surface area contributed by atoms with Gasteiger partial charge < -0.3 is 9.47 Å². The molecule has 6 nitrogen and oxygen atoms in total. The lowest BCUT2D eigenvalue weighted by Crippen LogP contribution is -2.00. The highest BCUT2D eigenvalue weighted by molar-refractivity contribution is 7.99. The fraction of sp³-hybridized carbons (Fsp3) is 0.250. The van der Waals surface area contributed by atoms with E-state index < -0.39 is 0 Å². The smallest absolute Gasteiger partial charge is 0.126 e. The average Bonchev–Trinajstić information content (AvgIpc) is 3.48. The summed E-state index contributed by atoms with van der Waals surface area (Å²) in [6.07, 6.45) is 7.86. The van der Waals surface area contributed by atoms with Crippen LogP contribution in [0.4, 0.5) is 0 Å². The fourth-order valence-electron chi connectivity index (χ4n) is 3.43. The molecule has 0 saturated carbocycles. The number of aromatic nitrogens is 4. The van der Waals surface area contributed by atoms with Crippen molar-refractivity contribution in [2.24, 2.45) is 0 Å². The van der Waals surface area contributed by atoms with Crippen molar-refractivity contribution in [3.05, 3.63) is 61.2 Å². The number of methoxy groups -OCH3 is 2. The number of benzene rings is 2. The van der Waals surface area contributed by atoms with E-state index in [1.54, 1.807) is 26.0 Å². The summed E-state index contributed by atoms with van der Waals surface area (Å²) in [7, 11) is 3.37. The second-order valence-electron chi connectivity index (χ2n) is 7.21. The van der Waals surface area contributed by atoms with Crippen LogP contribution in [0.25, 0.3) is 22.3 Å². The molecule has 0 aliphatic carbocycles. The Morgan fingerprint density at radius 3 is 2.44 bits per heavy atom. The van der Waals surface area contributed by atoms with Crippen molar-refractivity contribution in [3.8, 4) is 33.8 Å². The summed E-state index contributed by atoms with van der Waals surface area (Å²) in [5.74, 6) is 2.53. The lowest BCUT2D eigenvalue weighted by atomic mass is 10.1. The Hall–Kier alpha value is -2.84. The predicted octanol–water partition coefficient (Wildman–Crippen LogP) is 5.53. The van der Waals surface area contributed by atoms with Crippen LogP contribution in [0.5, 0.6) is 11.5 Å². The first kappa shape index (κ1) is 22.4. The maximum Gasteiger partial charge on any atom is 0.126 e. The molecule has 0 unspecified atom stereocenters. The standard InChI is InChI=1S/C24H26N4O2S2/c1-4-27-15-18(13-25-27)17-9-20(29-2)11-22(10-17)32-8-7-28-16-19(14-26-28)23-12-21(31)5-6-24(23)30-3/h5-6,9-16,31H,4,7-8H2,1-3H3. The van der Waals surface area contributed by atoms with Crippen molar-refractivity contribution < 1.29 is 9.47 Å². The summed E-state index contributed by atoms with van der Waals surface area (Å²) in [5.41, 5.74) is 4.19. The molecule has 0 bridgehead atoms. The summed E-state index contributed by atoms with van der Waals surface area (Å²) >= 11 is 6.23. The van der Waals surface area contributed by atoms with Crippen LogP contribution in [0.1, 0.15) is 6.92 Å². The second-order valence-corrected chi connectivity index (χ2v) is 8.89. The summed E-state index contributed by atoms with van der Waals surface area (Å²) in [6, 6.07) is 12.1. The van der Waals surface area contributed by atoms with Gasteiger partial charge in [0.05, 0.1) is 33.2 Å². The van der Waals surface area contributed by atoms with Crippen LogP contribution in [0.15, 0.2) is 71.0 Å². The zero-order valence-corrected chi connectivity index (χ0v) is 20.1. The van der Waals surface area contributed by atoms with Gasteiger partial charge in [0, 0.05) is 51.2 Å². The van der Waals surface area contributed by atoms with Crippen LogP contribution in [0, 0.1) is 0 Å². The second kappa shape index (κ2) is 10.2. The van der Waals surface area contributed by atoms with Gasteiger partial charge in [0.2, 0.25) is 0 Å². The van der Waals surface area contributed by atoms with Crippen LogP contribution in [-0.2, 0) is 13.1 Å². The maximum absolute atomic E-state index is 5.52. The van der Waals surface area contributed by atoms with E-state index in [1.165, 1.54) is 0 Å². The van der Waals surface area contributed by atoms with Gasteiger partial charge >= 0.3 is 0 Å². The molecule has 4 rings (SSSR count). The predicted molar refractivity (Wildman–Crippen MR) is 132 cm³/mol. The Labute approximate surface area is 198 Å². The van der Waals surface area contributed by atoms with E-state index in [-0.39, 0.29) is 0 Å². The van der Waals surface area contributed by atoms with Crippen molar-refractivity contribution in [2.45, 2.75) is 29.8 Å². The van der Waals surface area contributed by atoms with Crippen molar-refractivity contribution in [2.75, 3.05) is 20.0 Å². The highest BCUT2D eigenvalue weighted by Crippen LogP contribution is 2.33. The minimum absolute atomic E-state index is 0.786. The number of hydrogen-bond donors (Lipinski definition) is 1. The van der Waals surface area contributed by atoms with Gasteiger partial charge in [0.25, 0.3) is 0 Å². The number of rotatable bonds is 9. The van der Waals surface area contributed by atoms with Crippen molar-refractivity contribution in [1.82, 2.24) is 19.6 Å². The molecule has 0 aliphatic rings. The molecule has 0 N–H and O–H groups in total. The molecule has 0 atom stereocenters. The molecule has 2 aromatic heterocycles. The first-order valence-corrected chi connectivity index (χ1v) is 11.8. The highest BCUT2D eigenvalue weighted by atomic mass is 32.2. The Bertz CT molecular complexity index is 1200. The Balaban J connectivity index is 1.45. The third kappa shape index (κ3) is 5.14. The zero-order chi connectivity index (χ0) is 22.5. The first-order chi connectivity index (χ1) is 15.6. The molecule has 0 radical (unpaired) electrons. The maximum atomic E-state index is 5.52. The number of thiol groups is 1. The van der Waals surface area contributed by atoms with Gasteiger partial charge in [-0.3, -0.25) is 9.36 Å². The molecule has 166 valence electrons. The molecule has 2 aromatic carbocycles. The molecule has 4 aromatic rings. The first-order valence-electron chi connectivity index (χ1n) is 10.3. The number of aryl methyl sites for hydroxylation is 2. The number of thioether (sulfide) groups is 1. The molecule has 0 fully saturated rings. The number of hydrogen-bond acceptors (Lipinski definition) is 6. The molecular formula is C24H26N4O2S2. The van der Waals surface area contributed by atoms with E-state index in [4.69, 9.17) is 9.47 Å². The van der Waals surface area contributed by atoms with Crippen molar-refractivity contribution >= 4 is 24.4 Å². The molecule has 0 spiro atoms. The Morgan fingerprint density at radius 1 is 0.906 bits per heavy atom. The molecule has 8 heteroatoms. The number of nitrogens with zero attached hydrogens (tertiary/aromatic N) is 4. The van der Waals surface area contributed by atoms with Gasteiger partial charge in [0.1, 0.15) is 11.5 Å². The minimum Gasteiger partial charge on any atom is -0.497 e. The largest absolute Gasteiger partial charge is 0.497 e. The van der Waals surface area contributed by atoms with Crippen LogP contribution in [0.3, 0.4) is 0 Å². The third-order valence-corrected chi connectivity index (χ3v) is 6.36. The molecular weight excluding hydrogens is 440 g/mol. The van der Waals surface area contributed by atoms with Crippen molar-refractivity contribution in [1.29, 1.82) is 0 Å². The minimum atomic E-state index is 0.786. The SMILES string of the molecule is CCn1cc(-c2cc(OC)cc(SCCn3cc(-c4cc(S)ccc4OC)cn3)c2)cn1. The quantitative estimate of drug-likeness (QED) is 0.260. The Kier molecular flexibility index (Phi) is 7.12. The topological polar surface area (TPSA) is 54.1 Å². The summed E-state index contributed by atoms with van der Waals surface area (Å²) in [4.78, 5) is 2.04. The van der Waals surface area contributed by atoms with E-state index in [0.717, 1.165) is 62.4 Å². The molecule has 0 amide bonds. The van der Waals surface area contributed by atoms with Gasteiger partial charge in [0.15, 0.2) is 0 Å². The summed E-state index contributed by atoms with van der Waals surface area (Å²) < 4.78 is 14.9. The van der Waals surface area contributed by atoms with Crippen LogP contribution >= 0.6 is 24.4 Å². The van der Waals surface area contributed by atoms with Crippen LogP contribution in [-0.4, -0.2) is 39.5 Å². The lowest BCUT2D eigenvalue weighted by Gasteiger charge is -2.09. The molecule has 0 saturated heterocycles. The Morgan fingerprint density at radius 2 is 1.69 bits per heavy atom. The summed E-state index contributed by atoms with van der Waals surface area (Å²) in [6.45, 7) is 3.71. The van der Waals surface area contributed by atoms with E-state index in [1.807, 2.05) is 52.2 Å². The van der Waals surface area contributed by atoms with E-state index in [0.29, 0.717) is 0 Å². The zero-order valence-electron chi connectivity index (χ0n) is 18.4. The lowest BCUT2D eigenvalue weighted by molar-refractivity contribution is 0.414.